The van der Waals surface area contributed by atoms with Crippen molar-refractivity contribution in [3.05, 3.63) is 51.9 Å². The third kappa shape index (κ3) is 2.60. The molecule has 1 amide bonds. The van der Waals surface area contributed by atoms with Crippen LogP contribution in [-0.4, -0.2) is 20.7 Å². The third-order valence-corrected chi connectivity index (χ3v) is 4.04. The van der Waals surface area contributed by atoms with Gasteiger partial charge in [0.15, 0.2) is 0 Å². The van der Waals surface area contributed by atoms with E-state index in [2.05, 4.69) is 15.4 Å². The molecule has 0 aliphatic rings. The summed E-state index contributed by atoms with van der Waals surface area (Å²) in [5.41, 5.74) is 4.21. The van der Waals surface area contributed by atoms with Gasteiger partial charge in [-0.05, 0) is 32.0 Å². The van der Waals surface area contributed by atoms with Gasteiger partial charge in [-0.1, -0.05) is 23.2 Å². The molecule has 0 aliphatic carbocycles. The van der Waals surface area contributed by atoms with Crippen LogP contribution in [0.5, 0.6) is 0 Å². The highest BCUT2D eigenvalue weighted by Crippen LogP contribution is 2.28. The number of nitrogens with one attached hydrogen (secondary N) is 2. The molecule has 2 aromatic heterocycles. The maximum Gasteiger partial charge on any atom is 0.269 e. The van der Waals surface area contributed by atoms with Crippen LogP contribution in [0.3, 0.4) is 0 Å². The van der Waals surface area contributed by atoms with E-state index in [1.165, 1.54) is 0 Å². The smallest absolute Gasteiger partial charge is 0.269 e. The van der Waals surface area contributed by atoms with Crippen LogP contribution in [0.25, 0.3) is 10.9 Å². The number of hydrogen-bond acceptors (Lipinski definition) is 2. The minimum atomic E-state index is -0.224. The summed E-state index contributed by atoms with van der Waals surface area (Å²) in [6.45, 7) is 4.32. The summed E-state index contributed by atoms with van der Waals surface area (Å²) in [5.74, 6) is -0.224. The van der Waals surface area contributed by atoms with E-state index < -0.39 is 0 Å². The number of aryl methyl sites for hydroxylation is 3. The first-order valence-corrected chi connectivity index (χ1v) is 7.39. The fourth-order valence-electron chi connectivity index (χ4n) is 2.52. The number of aromatic amines is 1. The summed E-state index contributed by atoms with van der Waals surface area (Å²) in [6, 6.07) is 7.82. The fraction of sp³-hybridized carbons (Fsp3) is 0.250. The predicted molar refractivity (Wildman–Crippen MR) is 87.2 cm³/mol. The van der Waals surface area contributed by atoms with Gasteiger partial charge in [0.2, 0.25) is 0 Å². The Balaban J connectivity index is 1.83. The third-order valence-electron chi connectivity index (χ3n) is 3.65. The van der Waals surface area contributed by atoms with Crippen LogP contribution in [0.15, 0.2) is 24.3 Å². The Labute approximate surface area is 133 Å². The highest BCUT2D eigenvalue weighted by Gasteiger charge is 2.16. The van der Waals surface area contributed by atoms with Gasteiger partial charge in [0.05, 0.1) is 23.0 Å². The molecule has 0 saturated heterocycles. The first-order chi connectivity index (χ1) is 10.5. The lowest BCUT2D eigenvalue weighted by Gasteiger charge is -2.04. The number of halogens is 1. The molecule has 114 valence electrons. The van der Waals surface area contributed by atoms with Crippen LogP contribution >= 0.6 is 11.6 Å². The van der Waals surface area contributed by atoms with Crippen molar-refractivity contribution in [1.82, 2.24) is 20.1 Å². The monoisotopic (exact) mass is 316 g/mol. The Hall–Kier alpha value is -2.27. The minimum Gasteiger partial charge on any atom is -0.349 e. The number of aromatic nitrogens is 3. The van der Waals surface area contributed by atoms with Crippen molar-refractivity contribution in [2.45, 2.75) is 20.4 Å². The topological polar surface area (TPSA) is 62.7 Å². The van der Waals surface area contributed by atoms with Crippen LogP contribution in [0.4, 0.5) is 0 Å². The van der Waals surface area contributed by atoms with E-state index in [0.29, 0.717) is 17.3 Å². The Morgan fingerprint density at radius 1 is 1.36 bits per heavy atom. The number of benzene rings is 1. The van der Waals surface area contributed by atoms with Gasteiger partial charge in [-0.3, -0.25) is 9.48 Å². The largest absolute Gasteiger partial charge is 0.349 e. The SMILES string of the molecule is Cc1ccc2[nH]c(C(=O)NCc3cc(C)nn3C)c(Cl)c2c1. The molecule has 0 aliphatic heterocycles. The first kappa shape index (κ1) is 14.7. The molecule has 3 rings (SSSR count). The van der Waals surface area contributed by atoms with E-state index in [9.17, 15) is 4.79 Å². The lowest BCUT2D eigenvalue weighted by Crippen LogP contribution is -2.24. The molecule has 6 heteroatoms. The number of amides is 1. The maximum absolute atomic E-state index is 12.4. The second-order valence-corrected chi connectivity index (χ2v) is 5.82. The zero-order chi connectivity index (χ0) is 15.9. The minimum absolute atomic E-state index is 0.224. The predicted octanol–water partition coefficient (Wildman–Crippen LogP) is 3.10. The Morgan fingerprint density at radius 2 is 2.14 bits per heavy atom. The second kappa shape index (κ2) is 5.50. The average molecular weight is 317 g/mol. The van der Waals surface area contributed by atoms with Crippen LogP contribution in [-0.2, 0) is 13.6 Å². The Bertz CT molecular complexity index is 863. The standard InChI is InChI=1S/C16H17ClN4O/c1-9-4-5-13-12(6-9)14(17)15(19-13)16(22)18-8-11-7-10(2)20-21(11)3/h4-7,19H,8H2,1-3H3,(H,18,22). The molecule has 2 N–H and O–H groups in total. The summed E-state index contributed by atoms with van der Waals surface area (Å²) >= 11 is 6.33. The number of carbonyl (C=O) groups is 1. The fourth-order valence-corrected chi connectivity index (χ4v) is 2.81. The number of rotatable bonds is 3. The van der Waals surface area contributed by atoms with Gasteiger partial charge in [-0.15, -0.1) is 0 Å². The quantitative estimate of drug-likeness (QED) is 0.780. The van der Waals surface area contributed by atoms with E-state index in [1.54, 1.807) is 4.68 Å². The summed E-state index contributed by atoms with van der Waals surface area (Å²) < 4.78 is 1.76. The molecule has 0 radical (unpaired) electrons. The molecular weight excluding hydrogens is 300 g/mol. The summed E-state index contributed by atoms with van der Waals surface area (Å²) in [7, 11) is 1.85. The van der Waals surface area contributed by atoms with Gasteiger partial charge in [-0.25, -0.2) is 0 Å². The summed E-state index contributed by atoms with van der Waals surface area (Å²) in [5, 5.41) is 8.45. The highest BCUT2D eigenvalue weighted by atomic mass is 35.5. The number of H-pyrrole nitrogens is 1. The van der Waals surface area contributed by atoms with Crippen molar-refractivity contribution < 1.29 is 4.79 Å². The van der Waals surface area contributed by atoms with Crippen molar-refractivity contribution in [2.24, 2.45) is 7.05 Å². The lowest BCUT2D eigenvalue weighted by molar-refractivity contribution is 0.0946. The van der Waals surface area contributed by atoms with Gasteiger partial charge < -0.3 is 10.3 Å². The lowest BCUT2D eigenvalue weighted by atomic mass is 10.2. The van der Waals surface area contributed by atoms with Crippen LogP contribution in [0, 0.1) is 13.8 Å². The van der Waals surface area contributed by atoms with E-state index >= 15 is 0 Å². The summed E-state index contributed by atoms with van der Waals surface area (Å²) in [4.78, 5) is 15.4. The number of carbonyl (C=O) groups excluding carboxylic acids is 1. The van der Waals surface area contributed by atoms with Crippen molar-refractivity contribution >= 4 is 28.4 Å². The second-order valence-electron chi connectivity index (χ2n) is 5.45. The highest BCUT2D eigenvalue weighted by molar-refractivity contribution is 6.38. The van der Waals surface area contributed by atoms with Crippen LogP contribution < -0.4 is 5.32 Å². The number of nitrogens with zero attached hydrogens (tertiary/aromatic N) is 2. The Kier molecular flexibility index (Phi) is 3.66. The maximum atomic E-state index is 12.4. The van der Waals surface area contributed by atoms with Gasteiger partial charge >= 0.3 is 0 Å². The van der Waals surface area contributed by atoms with Gasteiger partial charge in [0, 0.05) is 18.0 Å². The molecule has 0 saturated carbocycles. The first-order valence-electron chi connectivity index (χ1n) is 7.01. The normalized spacial score (nSPS) is 11.1. The zero-order valence-electron chi connectivity index (χ0n) is 12.7. The average Bonchev–Trinajstić information content (AvgIpc) is 2.96. The van der Waals surface area contributed by atoms with E-state index in [-0.39, 0.29) is 5.91 Å². The van der Waals surface area contributed by atoms with Crippen LogP contribution in [0.1, 0.15) is 27.4 Å². The van der Waals surface area contributed by atoms with Crippen LogP contribution in [0.2, 0.25) is 5.02 Å². The molecule has 2 heterocycles. The molecule has 1 aromatic carbocycles. The van der Waals surface area contributed by atoms with Crippen molar-refractivity contribution in [2.75, 3.05) is 0 Å². The van der Waals surface area contributed by atoms with Gasteiger partial charge in [-0.2, -0.15) is 5.10 Å². The van der Waals surface area contributed by atoms with Gasteiger partial charge in [0.25, 0.3) is 5.91 Å². The molecule has 0 atom stereocenters. The molecule has 3 aromatic rings. The van der Waals surface area contributed by atoms with Crippen molar-refractivity contribution in [3.63, 3.8) is 0 Å². The number of fused-ring (bicyclic) bond motifs is 1. The van der Waals surface area contributed by atoms with E-state index in [1.807, 2.05) is 45.2 Å². The molecule has 0 fully saturated rings. The van der Waals surface area contributed by atoms with Crippen molar-refractivity contribution in [1.29, 1.82) is 0 Å². The zero-order valence-corrected chi connectivity index (χ0v) is 13.5. The van der Waals surface area contributed by atoms with E-state index in [0.717, 1.165) is 27.9 Å². The molecule has 22 heavy (non-hydrogen) atoms. The van der Waals surface area contributed by atoms with Gasteiger partial charge in [0.1, 0.15) is 5.69 Å². The Morgan fingerprint density at radius 3 is 2.82 bits per heavy atom. The molecule has 0 unspecified atom stereocenters. The van der Waals surface area contributed by atoms with E-state index in [4.69, 9.17) is 11.6 Å². The molecule has 0 bridgehead atoms. The van der Waals surface area contributed by atoms with Crippen molar-refractivity contribution in [3.8, 4) is 0 Å². The molecule has 0 spiro atoms. The molecular formula is C16H17ClN4O. The number of hydrogen-bond donors (Lipinski definition) is 2. The molecule has 5 nitrogen and oxygen atoms in total. The summed E-state index contributed by atoms with van der Waals surface area (Å²) in [6.07, 6.45) is 0.